The van der Waals surface area contributed by atoms with Crippen molar-refractivity contribution in [1.82, 2.24) is 9.55 Å². The van der Waals surface area contributed by atoms with Crippen molar-refractivity contribution in [2.45, 2.75) is 19.9 Å². The van der Waals surface area contributed by atoms with Gasteiger partial charge in [-0.05, 0) is 43.2 Å². The Morgan fingerprint density at radius 3 is 2.58 bits per heavy atom. The lowest BCUT2D eigenvalue weighted by Gasteiger charge is -2.13. The Balaban J connectivity index is 1.70. The fraction of sp³-hybridized carbons (Fsp3) is 0.211. The number of benzene rings is 2. The summed E-state index contributed by atoms with van der Waals surface area (Å²) in [4.78, 5) is 4.19. The fourth-order valence-electron chi connectivity index (χ4n) is 2.69. The molecule has 24 heavy (non-hydrogen) atoms. The van der Waals surface area contributed by atoms with E-state index in [1.807, 2.05) is 19.2 Å². The SMILES string of the molecule is Cc1nccn1CCCNc1cccc(F)c1-c1ccc(F)cc1. The first kappa shape index (κ1) is 16.2. The molecular weight excluding hydrogens is 308 g/mol. The summed E-state index contributed by atoms with van der Waals surface area (Å²) in [5.74, 6) is 0.324. The first-order valence-electron chi connectivity index (χ1n) is 7.91. The van der Waals surface area contributed by atoms with Crippen molar-refractivity contribution in [1.29, 1.82) is 0 Å². The van der Waals surface area contributed by atoms with E-state index in [4.69, 9.17) is 0 Å². The lowest BCUT2D eigenvalue weighted by molar-refractivity contribution is 0.625. The summed E-state index contributed by atoms with van der Waals surface area (Å²) in [6, 6.07) is 10.8. The summed E-state index contributed by atoms with van der Waals surface area (Å²) in [5, 5.41) is 3.28. The van der Waals surface area contributed by atoms with Crippen molar-refractivity contribution in [2.24, 2.45) is 0 Å². The number of rotatable bonds is 6. The van der Waals surface area contributed by atoms with Crippen molar-refractivity contribution < 1.29 is 8.78 Å². The van der Waals surface area contributed by atoms with Gasteiger partial charge in [0, 0.05) is 36.7 Å². The molecule has 1 heterocycles. The Kier molecular flexibility index (Phi) is 4.89. The molecule has 1 N–H and O–H groups in total. The van der Waals surface area contributed by atoms with E-state index in [9.17, 15) is 8.78 Å². The highest BCUT2D eigenvalue weighted by Crippen LogP contribution is 2.30. The topological polar surface area (TPSA) is 29.9 Å². The van der Waals surface area contributed by atoms with Crippen LogP contribution in [0.2, 0.25) is 0 Å². The molecule has 0 unspecified atom stereocenters. The van der Waals surface area contributed by atoms with E-state index in [1.165, 1.54) is 18.2 Å². The highest BCUT2D eigenvalue weighted by molar-refractivity contribution is 5.78. The van der Waals surface area contributed by atoms with Crippen molar-refractivity contribution in [3.05, 3.63) is 72.3 Å². The highest BCUT2D eigenvalue weighted by atomic mass is 19.1. The van der Waals surface area contributed by atoms with Crippen LogP contribution in [0.1, 0.15) is 12.2 Å². The van der Waals surface area contributed by atoms with E-state index in [1.54, 1.807) is 24.4 Å². The van der Waals surface area contributed by atoms with Crippen LogP contribution in [0.3, 0.4) is 0 Å². The number of aromatic nitrogens is 2. The molecule has 0 bridgehead atoms. The smallest absolute Gasteiger partial charge is 0.133 e. The lowest BCUT2D eigenvalue weighted by atomic mass is 10.0. The molecule has 0 fully saturated rings. The molecule has 0 saturated heterocycles. The summed E-state index contributed by atoms with van der Waals surface area (Å²) < 4.78 is 29.5. The monoisotopic (exact) mass is 327 g/mol. The maximum absolute atomic E-state index is 14.3. The molecular formula is C19H19F2N3. The zero-order chi connectivity index (χ0) is 16.9. The number of imidazole rings is 1. The van der Waals surface area contributed by atoms with Gasteiger partial charge in [-0.3, -0.25) is 0 Å². The maximum Gasteiger partial charge on any atom is 0.133 e. The molecule has 5 heteroatoms. The zero-order valence-electron chi connectivity index (χ0n) is 13.5. The largest absolute Gasteiger partial charge is 0.384 e. The van der Waals surface area contributed by atoms with Crippen LogP contribution in [0.4, 0.5) is 14.5 Å². The highest BCUT2D eigenvalue weighted by Gasteiger charge is 2.10. The van der Waals surface area contributed by atoms with E-state index >= 15 is 0 Å². The normalized spacial score (nSPS) is 10.8. The Bertz CT molecular complexity index is 810. The van der Waals surface area contributed by atoms with Crippen LogP contribution in [0.25, 0.3) is 11.1 Å². The third-order valence-electron chi connectivity index (χ3n) is 3.96. The van der Waals surface area contributed by atoms with E-state index in [0.29, 0.717) is 23.4 Å². The number of nitrogens with one attached hydrogen (secondary N) is 1. The van der Waals surface area contributed by atoms with Gasteiger partial charge in [0.2, 0.25) is 0 Å². The van der Waals surface area contributed by atoms with Crippen LogP contribution >= 0.6 is 0 Å². The van der Waals surface area contributed by atoms with Gasteiger partial charge < -0.3 is 9.88 Å². The van der Waals surface area contributed by atoms with Gasteiger partial charge >= 0.3 is 0 Å². The molecule has 0 spiro atoms. The number of anilines is 1. The van der Waals surface area contributed by atoms with Crippen molar-refractivity contribution in [2.75, 3.05) is 11.9 Å². The van der Waals surface area contributed by atoms with Crippen LogP contribution < -0.4 is 5.32 Å². The van der Waals surface area contributed by atoms with E-state index in [-0.39, 0.29) is 11.6 Å². The standard InChI is InChI=1S/C19H19F2N3/c1-14-22-11-13-24(14)12-3-10-23-18-5-2-4-17(21)19(18)15-6-8-16(20)9-7-15/h2,4-9,11,13,23H,3,10,12H2,1H3. The minimum Gasteiger partial charge on any atom is -0.384 e. The summed E-state index contributed by atoms with van der Waals surface area (Å²) in [6.45, 7) is 3.52. The fourth-order valence-corrected chi connectivity index (χ4v) is 2.69. The van der Waals surface area contributed by atoms with Gasteiger partial charge in [0.05, 0.1) is 0 Å². The van der Waals surface area contributed by atoms with Crippen molar-refractivity contribution >= 4 is 5.69 Å². The molecule has 0 radical (unpaired) electrons. The average molecular weight is 327 g/mol. The van der Waals surface area contributed by atoms with Crippen molar-refractivity contribution in [3.63, 3.8) is 0 Å². The van der Waals surface area contributed by atoms with Gasteiger partial charge in [-0.25, -0.2) is 13.8 Å². The lowest BCUT2D eigenvalue weighted by Crippen LogP contribution is -2.08. The Labute approximate surface area is 140 Å². The van der Waals surface area contributed by atoms with Crippen LogP contribution in [-0.2, 0) is 6.54 Å². The van der Waals surface area contributed by atoms with Gasteiger partial charge in [0.25, 0.3) is 0 Å². The third-order valence-corrected chi connectivity index (χ3v) is 3.96. The first-order valence-corrected chi connectivity index (χ1v) is 7.91. The van der Waals surface area contributed by atoms with Gasteiger partial charge in [0.1, 0.15) is 17.5 Å². The number of aryl methyl sites for hydroxylation is 2. The minimum absolute atomic E-state index is 0.322. The third kappa shape index (κ3) is 3.62. The van der Waals surface area contributed by atoms with E-state index < -0.39 is 0 Å². The second kappa shape index (κ2) is 7.25. The molecule has 2 aromatic carbocycles. The summed E-state index contributed by atoms with van der Waals surface area (Å²) in [7, 11) is 0. The molecule has 1 aromatic heterocycles. The second-order valence-corrected chi connectivity index (χ2v) is 5.62. The van der Waals surface area contributed by atoms with E-state index in [2.05, 4.69) is 14.9 Å². The van der Waals surface area contributed by atoms with Crippen LogP contribution in [0, 0.1) is 18.6 Å². The second-order valence-electron chi connectivity index (χ2n) is 5.62. The minimum atomic E-state index is -0.333. The molecule has 3 aromatic rings. The first-order chi connectivity index (χ1) is 11.6. The Morgan fingerprint density at radius 1 is 1.08 bits per heavy atom. The summed E-state index contributed by atoms with van der Waals surface area (Å²) in [6.07, 6.45) is 4.61. The van der Waals surface area contributed by atoms with Crippen LogP contribution in [-0.4, -0.2) is 16.1 Å². The molecule has 0 aliphatic rings. The number of hydrogen-bond donors (Lipinski definition) is 1. The van der Waals surface area contributed by atoms with E-state index in [0.717, 1.165) is 18.8 Å². The molecule has 0 aliphatic heterocycles. The quantitative estimate of drug-likeness (QED) is 0.669. The molecule has 0 aliphatic carbocycles. The zero-order valence-corrected chi connectivity index (χ0v) is 13.5. The van der Waals surface area contributed by atoms with Crippen molar-refractivity contribution in [3.8, 4) is 11.1 Å². The van der Waals surface area contributed by atoms with Crippen LogP contribution in [0.5, 0.6) is 0 Å². The predicted octanol–water partition coefficient (Wildman–Crippen LogP) is 4.64. The Hall–Kier alpha value is -2.69. The molecule has 0 amide bonds. The van der Waals surface area contributed by atoms with Gasteiger partial charge in [-0.1, -0.05) is 18.2 Å². The molecule has 0 atom stereocenters. The summed E-state index contributed by atoms with van der Waals surface area (Å²) in [5.41, 5.74) is 1.84. The number of halogens is 2. The Morgan fingerprint density at radius 2 is 1.88 bits per heavy atom. The van der Waals surface area contributed by atoms with Gasteiger partial charge in [0.15, 0.2) is 0 Å². The summed E-state index contributed by atoms with van der Waals surface area (Å²) >= 11 is 0. The van der Waals surface area contributed by atoms with Gasteiger partial charge in [-0.2, -0.15) is 0 Å². The average Bonchev–Trinajstić information content (AvgIpc) is 2.98. The maximum atomic E-state index is 14.3. The molecule has 0 saturated carbocycles. The predicted molar refractivity (Wildman–Crippen MR) is 91.9 cm³/mol. The number of hydrogen-bond acceptors (Lipinski definition) is 2. The molecule has 3 rings (SSSR count). The molecule has 124 valence electrons. The van der Waals surface area contributed by atoms with Gasteiger partial charge in [-0.15, -0.1) is 0 Å². The number of nitrogens with zero attached hydrogens (tertiary/aromatic N) is 2. The van der Waals surface area contributed by atoms with Crippen LogP contribution in [0.15, 0.2) is 54.9 Å². The molecule has 3 nitrogen and oxygen atoms in total.